The van der Waals surface area contributed by atoms with E-state index in [9.17, 15) is 15.0 Å². The molecule has 0 spiro atoms. The minimum Gasteiger partial charge on any atom is -0.504 e. The number of hydrogen-bond donors (Lipinski definition) is 2. The number of rotatable bonds is 4. The number of phenolic OH excluding ortho intramolecular Hbond substituents is 2. The fourth-order valence-electron chi connectivity index (χ4n) is 2.85. The molecule has 0 aliphatic carbocycles. The van der Waals surface area contributed by atoms with Crippen LogP contribution in [0.5, 0.6) is 17.2 Å². The highest BCUT2D eigenvalue weighted by atomic mass is 16.5. The van der Waals surface area contributed by atoms with Crippen LogP contribution in [-0.4, -0.2) is 32.3 Å². The Kier molecular flexibility index (Phi) is 4.00. The average Bonchev–Trinajstić information content (AvgIpc) is 3.12. The lowest BCUT2D eigenvalue weighted by atomic mass is 10.1. The quantitative estimate of drug-likeness (QED) is 0.422. The molecule has 2 heterocycles. The molecule has 0 aliphatic rings. The first-order valence-corrected chi connectivity index (χ1v) is 8.07. The number of aromatic nitrogens is 3. The third kappa shape index (κ3) is 3.20. The van der Waals surface area contributed by atoms with Crippen molar-refractivity contribution in [3.05, 3.63) is 64.6 Å². The van der Waals surface area contributed by atoms with Gasteiger partial charge in [-0.3, -0.25) is 0 Å². The van der Waals surface area contributed by atoms with Crippen LogP contribution in [0.15, 0.2) is 57.9 Å². The maximum Gasteiger partial charge on any atom is 0.336 e. The van der Waals surface area contributed by atoms with E-state index in [1.807, 2.05) is 24.3 Å². The second-order valence-corrected chi connectivity index (χ2v) is 5.96. The van der Waals surface area contributed by atoms with Gasteiger partial charge in [-0.15, -0.1) is 5.10 Å². The zero-order valence-corrected chi connectivity index (χ0v) is 14.3. The van der Waals surface area contributed by atoms with Crippen molar-refractivity contribution in [1.29, 1.82) is 0 Å². The van der Waals surface area contributed by atoms with Crippen molar-refractivity contribution in [3.8, 4) is 28.5 Å². The highest BCUT2D eigenvalue weighted by molar-refractivity contribution is 5.83. The summed E-state index contributed by atoms with van der Waals surface area (Å²) < 4.78 is 11.9. The molecule has 0 atom stereocenters. The monoisotopic (exact) mass is 365 g/mol. The van der Waals surface area contributed by atoms with Gasteiger partial charge < -0.3 is 19.4 Å². The number of nitrogens with zero attached hydrogens (tertiary/aromatic N) is 3. The van der Waals surface area contributed by atoms with Gasteiger partial charge in [0.15, 0.2) is 11.5 Å². The first-order valence-electron chi connectivity index (χ1n) is 8.07. The fourth-order valence-corrected chi connectivity index (χ4v) is 2.85. The maximum absolute atomic E-state index is 11.8. The van der Waals surface area contributed by atoms with Gasteiger partial charge in [-0.1, -0.05) is 17.3 Å². The third-order valence-corrected chi connectivity index (χ3v) is 4.16. The van der Waals surface area contributed by atoms with E-state index >= 15 is 0 Å². The molecule has 2 aromatic carbocycles. The van der Waals surface area contributed by atoms with Crippen LogP contribution in [0.4, 0.5) is 0 Å². The molecule has 27 heavy (non-hydrogen) atoms. The van der Waals surface area contributed by atoms with Gasteiger partial charge in [0.2, 0.25) is 0 Å². The van der Waals surface area contributed by atoms with Crippen LogP contribution >= 0.6 is 0 Å². The first kappa shape index (κ1) is 16.6. The molecule has 0 unspecified atom stereocenters. The van der Waals surface area contributed by atoms with E-state index in [1.165, 1.54) is 18.2 Å². The highest BCUT2D eigenvalue weighted by Gasteiger charge is 2.12. The molecule has 2 aromatic heterocycles. The Hall–Kier alpha value is -3.81. The van der Waals surface area contributed by atoms with E-state index in [-0.39, 0.29) is 23.6 Å². The number of aromatic hydroxyl groups is 2. The SMILES string of the molecule is COc1cccc(-c2cn(Cc3cc(=O)oc4cc(O)c(O)cc34)nn2)c1. The Morgan fingerprint density at radius 1 is 1.15 bits per heavy atom. The predicted octanol–water partition coefficient (Wildman–Crippen LogP) is 2.52. The Morgan fingerprint density at radius 2 is 1.96 bits per heavy atom. The Morgan fingerprint density at radius 3 is 2.78 bits per heavy atom. The van der Waals surface area contributed by atoms with Crippen molar-refractivity contribution in [2.75, 3.05) is 7.11 Å². The lowest BCUT2D eigenvalue weighted by molar-refractivity contribution is 0.403. The van der Waals surface area contributed by atoms with Crippen LogP contribution in [0, 0.1) is 0 Å². The van der Waals surface area contributed by atoms with E-state index in [0.29, 0.717) is 22.4 Å². The number of methoxy groups -OCH3 is 1. The predicted molar refractivity (Wildman–Crippen MR) is 96.9 cm³/mol. The number of benzene rings is 2. The van der Waals surface area contributed by atoms with Crippen molar-refractivity contribution in [2.45, 2.75) is 6.54 Å². The summed E-state index contributed by atoms with van der Waals surface area (Å²) in [4.78, 5) is 11.8. The molecule has 0 bridgehead atoms. The molecule has 0 aliphatic heterocycles. The van der Waals surface area contributed by atoms with Crippen LogP contribution in [0.3, 0.4) is 0 Å². The van der Waals surface area contributed by atoms with E-state index in [1.54, 1.807) is 18.0 Å². The van der Waals surface area contributed by atoms with Crippen LogP contribution < -0.4 is 10.4 Å². The van der Waals surface area contributed by atoms with Gasteiger partial charge >= 0.3 is 5.63 Å². The number of hydrogen-bond acceptors (Lipinski definition) is 7. The van der Waals surface area contributed by atoms with Crippen molar-refractivity contribution in [3.63, 3.8) is 0 Å². The Labute approximate surface area is 152 Å². The van der Waals surface area contributed by atoms with E-state index in [4.69, 9.17) is 9.15 Å². The van der Waals surface area contributed by atoms with Crippen LogP contribution in [0.25, 0.3) is 22.2 Å². The minimum absolute atomic E-state index is 0.181. The summed E-state index contributed by atoms with van der Waals surface area (Å²) in [6.07, 6.45) is 1.75. The van der Waals surface area contributed by atoms with Crippen LogP contribution in [-0.2, 0) is 6.54 Å². The molecule has 0 saturated carbocycles. The molecular weight excluding hydrogens is 350 g/mol. The normalized spacial score (nSPS) is 11.0. The largest absolute Gasteiger partial charge is 0.504 e. The number of phenols is 2. The van der Waals surface area contributed by atoms with Gasteiger partial charge in [0, 0.05) is 23.1 Å². The van der Waals surface area contributed by atoms with Gasteiger partial charge in [-0.25, -0.2) is 9.48 Å². The summed E-state index contributed by atoms with van der Waals surface area (Å²) >= 11 is 0. The minimum atomic E-state index is -0.560. The van der Waals surface area contributed by atoms with Crippen molar-refractivity contribution < 1.29 is 19.4 Å². The zero-order valence-electron chi connectivity index (χ0n) is 14.3. The smallest absolute Gasteiger partial charge is 0.336 e. The molecule has 0 saturated heterocycles. The molecule has 4 rings (SSSR count). The van der Waals surface area contributed by atoms with Crippen molar-refractivity contribution >= 4 is 11.0 Å². The average molecular weight is 365 g/mol. The molecule has 0 amide bonds. The fraction of sp³-hybridized carbons (Fsp3) is 0.105. The lowest BCUT2D eigenvalue weighted by Gasteiger charge is -2.06. The van der Waals surface area contributed by atoms with E-state index in [0.717, 1.165) is 5.56 Å². The van der Waals surface area contributed by atoms with Gasteiger partial charge in [0.05, 0.1) is 19.9 Å². The molecule has 2 N–H and O–H groups in total. The maximum atomic E-state index is 11.8. The standard InChI is InChI=1S/C19H15N3O5/c1-26-13-4-2-3-11(5-13)15-10-22(21-20-15)9-12-6-19(25)27-18-8-17(24)16(23)7-14(12)18/h2-8,10,23-24H,9H2,1H3. The molecule has 8 nitrogen and oxygen atoms in total. The molecule has 8 heteroatoms. The summed E-state index contributed by atoms with van der Waals surface area (Å²) in [5.74, 6) is 0.0566. The van der Waals surface area contributed by atoms with Gasteiger partial charge in [0.1, 0.15) is 17.0 Å². The second-order valence-electron chi connectivity index (χ2n) is 5.96. The summed E-state index contributed by atoms with van der Waals surface area (Å²) in [6, 6.07) is 11.3. The Bertz CT molecular complexity index is 1200. The summed E-state index contributed by atoms with van der Waals surface area (Å²) in [6.45, 7) is 0.239. The summed E-state index contributed by atoms with van der Waals surface area (Å²) in [5, 5.41) is 28.1. The topological polar surface area (TPSA) is 111 Å². The van der Waals surface area contributed by atoms with Crippen molar-refractivity contribution in [2.24, 2.45) is 0 Å². The lowest BCUT2D eigenvalue weighted by Crippen LogP contribution is -2.06. The van der Waals surface area contributed by atoms with Crippen LogP contribution in [0.1, 0.15) is 5.56 Å². The van der Waals surface area contributed by atoms with Crippen molar-refractivity contribution in [1.82, 2.24) is 15.0 Å². The molecule has 0 radical (unpaired) electrons. The van der Waals surface area contributed by atoms with Gasteiger partial charge in [-0.2, -0.15) is 0 Å². The first-order chi connectivity index (χ1) is 13.0. The Balaban J connectivity index is 1.72. The third-order valence-electron chi connectivity index (χ3n) is 4.16. The van der Waals surface area contributed by atoms with E-state index in [2.05, 4.69) is 10.3 Å². The van der Waals surface area contributed by atoms with E-state index < -0.39 is 5.63 Å². The number of ether oxygens (including phenoxy) is 1. The second kappa shape index (κ2) is 6.49. The summed E-state index contributed by atoms with van der Waals surface area (Å²) in [5.41, 5.74) is 1.71. The summed E-state index contributed by atoms with van der Waals surface area (Å²) in [7, 11) is 1.59. The molecule has 136 valence electrons. The highest BCUT2D eigenvalue weighted by Crippen LogP contribution is 2.31. The molecule has 0 fully saturated rings. The molecular formula is C19H15N3O5. The van der Waals surface area contributed by atoms with Gasteiger partial charge in [-0.05, 0) is 23.8 Å². The zero-order chi connectivity index (χ0) is 19.0. The molecule has 4 aromatic rings. The number of fused-ring (bicyclic) bond motifs is 1. The van der Waals surface area contributed by atoms with Gasteiger partial charge in [0.25, 0.3) is 0 Å². The van der Waals surface area contributed by atoms with Crippen LogP contribution in [0.2, 0.25) is 0 Å².